The van der Waals surface area contributed by atoms with E-state index < -0.39 is 17.7 Å². The van der Waals surface area contributed by atoms with Crippen LogP contribution >= 0.6 is 0 Å². The molecule has 148 valence electrons. The van der Waals surface area contributed by atoms with E-state index in [1.165, 1.54) is 11.0 Å². The highest BCUT2D eigenvalue weighted by Gasteiger charge is 2.42. The number of aromatic nitrogens is 2. The highest BCUT2D eigenvalue weighted by Crippen LogP contribution is 2.41. The first-order valence-electron chi connectivity index (χ1n) is 9.32. The number of nitrogens with one attached hydrogen (secondary N) is 1. The summed E-state index contributed by atoms with van der Waals surface area (Å²) in [6.07, 6.45) is 6.27. The Morgan fingerprint density at radius 1 is 1.24 bits per heavy atom. The van der Waals surface area contributed by atoms with Crippen molar-refractivity contribution in [3.8, 4) is 0 Å². The average molecular weight is 397 g/mol. The standard InChI is InChI=1S/C20H17F2N5O2/c21-15-1-2-16-14(19(15)22)9-26(20(29)25-16)10-18(28)27-8-11-5-13(17(27)6-11)12-3-4-23-24-7-12/h1-5,7,11,17H,6,8-10H2,(H,25,29)/t11-,17-/m1/s1. The molecule has 1 aromatic carbocycles. The number of likely N-dealkylation sites (tertiary alicyclic amines) is 1. The fourth-order valence-corrected chi connectivity index (χ4v) is 4.38. The largest absolute Gasteiger partial charge is 0.333 e. The second-order valence-electron chi connectivity index (χ2n) is 7.48. The molecule has 1 saturated heterocycles. The summed E-state index contributed by atoms with van der Waals surface area (Å²) in [7, 11) is 0. The summed E-state index contributed by atoms with van der Waals surface area (Å²) < 4.78 is 27.7. The first-order chi connectivity index (χ1) is 14.0. The van der Waals surface area contributed by atoms with Crippen LogP contribution in [0, 0.1) is 17.6 Å². The van der Waals surface area contributed by atoms with Crippen LogP contribution in [0.1, 0.15) is 17.5 Å². The third-order valence-electron chi connectivity index (χ3n) is 5.75. The van der Waals surface area contributed by atoms with Crippen molar-refractivity contribution in [1.82, 2.24) is 20.0 Å². The summed E-state index contributed by atoms with van der Waals surface area (Å²) in [6, 6.07) is 3.57. The second kappa shape index (κ2) is 6.61. The summed E-state index contributed by atoms with van der Waals surface area (Å²) in [5, 5.41) is 10.2. The van der Waals surface area contributed by atoms with Gasteiger partial charge >= 0.3 is 6.03 Å². The Morgan fingerprint density at radius 3 is 2.86 bits per heavy atom. The number of rotatable bonds is 3. The molecule has 2 aromatic rings. The molecule has 9 heteroatoms. The Kier molecular flexibility index (Phi) is 4.04. The van der Waals surface area contributed by atoms with Crippen LogP contribution in [-0.2, 0) is 11.3 Å². The van der Waals surface area contributed by atoms with Gasteiger partial charge in [-0.1, -0.05) is 6.08 Å². The lowest BCUT2D eigenvalue weighted by molar-refractivity contribution is -0.132. The average Bonchev–Trinajstić information content (AvgIpc) is 3.34. The number of carbonyl (C=O) groups is 2. The zero-order valence-electron chi connectivity index (χ0n) is 15.3. The Bertz CT molecular complexity index is 1040. The molecular weight excluding hydrogens is 380 g/mol. The first-order valence-corrected chi connectivity index (χ1v) is 9.32. The third-order valence-corrected chi connectivity index (χ3v) is 5.75. The maximum atomic E-state index is 14.1. The summed E-state index contributed by atoms with van der Waals surface area (Å²) in [4.78, 5) is 28.3. The molecule has 2 bridgehead atoms. The molecule has 1 N–H and O–H groups in total. The summed E-state index contributed by atoms with van der Waals surface area (Å²) >= 11 is 0. The molecule has 2 atom stereocenters. The van der Waals surface area contributed by atoms with Crippen molar-refractivity contribution in [3.05, 3.63) is 59.4 Å². The summed E-state index contributed by atoms with van der Waals surface area (Å²) in [5.41, 5.74) is 2.23. The summed E-state index contributed by atoms with van der Waals surface area (Å²) in [5.74, 6) is -1.95. The Balaban J connectivity index is 1.33. The number of hydrogen-bond acceptors (Lipinski definition) is 4. The summed E-state index contributed by atoms with van der Waals surface area (Å²) in [6.45, 7) is 0.224. The molecule has 5 rings (SSSR count). The quantitative estimate of drug-likeness (QED) is 0.863. The molecular formula is C20H17F2N5O2. The zero-order chi connectivity index (χ0) is 20.1. The van der Waals surface area contributed by atoms with Gasteiger partial charge in [0.15, 0.2) is 11.6 Å². The van der Waals surface area contributed by atoms with Gasteiger partial charge in [0, 0.05) is 17.7 Å². The minimum atomic E-state index is -1.00. The molecule has 0 saturated carbocycles. The van der Waals surface area contributed by atoms with Gasteiger partial charge < -0.3 is 15.1 Å². The van der Waals surface area contributed by atoms with E-state index in [9.17, 15) is 18.4 Å². The molecule has 0 unspecified atom stereocenters. The number of benzene rings is 1. The minimum Gasteiger partial charge on any atom is -0.333 e. The SMILES string of the molecule is O=C1Nc2ccc(F)c(F)c2CN1CC(=O)N1C[C@@H]2C=C(c3ccnnc3)[C@H]1C2. The van der Waals surface area contributed by atoms with Gasteiger partial charge in [-0.3, -0.25) is 4.79 Å². The van der Waals surface area contributed by atoms with Crippen molar-refractivity contribution < 1.29 is 18.4 Å². The van der Waals surface area contributed by atoms with Crippen molar-refractivity contribution in [2.24, 2.45) is 5.92 Å². The predicted octanol–water partition coefficient (Wildman–Crippen LogP) is 2.42. The van der Waals surface area contributed by atoms with Crippen molar-refractivity contribution in [2.45, 2.75) is 19.0 Å². The van der Waals surface area contributed by atoms with Crippen molar-refractivity contribution in [2.75, 3.05) is 18.4 Å². The number of nitrogens with zero attached hydrogens (tertiary/aromatic N) is 4. The number of halogens is 2. The van der Waals surface area contributed by atoms with Crippen molar-refractivity contribution in [3.63, 3.8) is 0 Å². The molecule has 3 aliphatic rings. The monoisotopic (exact) mass is 397 g/mol. The van der Waals surface area contributed by atoms with E-state index in [-0.39, 0.29) is 42.2 Å². The molecule has 0 radical (unpaired) electrons. The van der Waals surface area contributed by atoms with E-state index in [0.29, 0.717) is 6.54 Å². The molecule has 1 aromatic heterocycles. The highest BCUT2D eigenvalue weighted by atomic mass is 19.2. The van der Waals surface area contributed by atoms with Gasteiger partial charge in [0.25, 0.3) is 0 Å². The molecule has 7 nitrogen and oxygen atoms in total. The topological polar surface area (TPSA) is 78.4 Å². The normalized spacial score (nSPS) is 22.4. The maximum Gasteiger partial charge on any atom is 0.322 e. The number of fused-ring (bicyclic) bond motifs is 3. The minimum absolute atomic E-state index is 0.0452. The number of urea groups is 1. The van der Waals surface area contributed by atoms with Gasteiger partial charge in [-0.25, -0.2) is 13.6 Å². The number of anilines is 1. The van der Waals surface area contributed by atoms with Gasteiger partial charge in [-0.15, -0.1) is 0 Å². The second-order valence-corrected chi connectivity index (χ2v) is 7.48. The van der Waals surface area contributed by atoms with Crippen LogP contribution in [0.2, 0.25) is 0 Å². The van der Waals surface area contributed by atoms with Gasteiger partial charge in [-0.2, -0.15) is 10.2 Å². The van der Waals surface area contributed by atoms with Crippen LogP contribution in [0.25, 0.3) is 5.57 Å². The highest BCUT2D eigenvalue weighted by molar-refractivity contribution is 5.95. The number of amides is 3. The molecule has 3 amide bonds. The maximum absolute atomic E-state index is 14.1. The lowest BCUT2D eigenvalue weighted by Crippen LogP contribution is -2.48. The van der Waals surface area contributed by atoms with E-state index in [2.05, 4.69) is 21.6 Å². The first kappa shape index (κ1) is 17.7. The number of carbonyl (C=O) groups excluding carboxylic acids is 2. The van der Waals surface area contributed by atoms with Crippen molar-refractivity contribution in [1.29, 1.82) is 0 Å². The lowest BCUT2D eigenvalue weighted by atomic mass is 10.0. The fourth-order valence-electron chi connectivity index (χ4n) is 4.38. The Morgan fingerprint density at radius 2 is 2.10 bits per heavy atom. The zero-order valence-corrected chi connectivity index (χ0v) is 15.3. The van der Waals surface area contributed by atoms with Crippen LogP contribution in [0.3, 0.4) is 0 Å². The van der Waals surface area contributed by atoms with E-state index in [1.54, 1.807) is 17.3 Å². The van der Waals surface area contributed by atoms with E-state index in [1.807, 2.05) is 6.07 Å². The van der Waals surface area contributed by atoms with Crippen LogP contribution < -0.4 is 5.32 Å². The van der Waals surface area contributed by atoms with Gasteiger partial charge in [0.2, 0.25) is 5.91 Å². The van der Waals surface area contributed by atoms with Gasteiger partial charge in [0.1, 0.15) is 6.54 Å². The van der Waals surface area contributed by atoms with Crippen molar-refractivity contribution >= 4 is 23.2 Å². The van der Waals surface area contributed by atoms with Crippen LogP contribution in [0.5, 0.6) is 0 Å². The van der Waals surface area contributed by atoms with Gasteiger partial charge in [-0.05, 0) is 36.1 Å². The van der Waals surface area contributed by atoms with Gasteiger partial charge in [0.05, 0.1) is 30.7 Å². The molecule has 0 spiro atoms. The van der Waals surface area contributed by atoms with Crippen LogP contribution in [-0.4, -0.2) is 51.1 Å². The predicted molar refractivity (Wildman–Crippen MR) is 99.4 cm³/mol. The Labute approximate surface area is 165 Å². The Hall–Kier alpha value is -3.36. The lowest BCUT2D eigenvalue weighted by Gasteiger charge is -2.33. The molecule has 1 aliphatic carbocycles. The van der Waals surface area contributed by atoms with Crippen LogP contribution in [0.4, 0.5) is 19.3 Å². The van der Waals surface area contributed by atoms with Crippen LogP contribution in [0.15, 0.2) is 36.7 Å². The number of hydrogen-bond donors (Lipinski definition) is 1. The molecule has 2 aliphatic heterocycles. The van der Waals surface area contributed by atoms with E-state index in [4.69, 9.17) is 0 Å². The smallest absolute Gasteiger partial charge is 0.322 e. The molecule has 3 heterocycles. The molecule has 29 heavy (non-hydrogen) atoms. The molecule has 1 fully saturated rings. The third kappa shape index (κ3) is 2.93. The van der Waals surface area contributed by atoms with E-state index >= 15 is 0 Å². The fraction of sp³-hybridized carbons (Fsp3) is 0.300. The van der Waals surface area contributed by atoms with E-state index in [0.717, 1.165) is 23.6 Å².